The number of hydrogen-bond donors (Lipinski definition) is 2. The number of carbonyl (C=O) groups excluding carboxylic acids is 1. The van der Waals surface area contributed by atoms with E-state index in [0.29, 0.717) is 6.61 Å². The summed E-state index contributed by atoms with van der Waals surface area (Å²) in [5, 5.41) is 11.4. The van der Waals surface area contributed by atoms with E-state index >= 15 is 0 Å². The Morgan fingerprint density at radius 3 is 2.72 bits per heavy atom. The highest BCUT2D eigenvalue weighted by Gasteiger charge is 2.06. The van der Waals surface area contributed by atoms with Crippen molar-refractivity contribution in [2.75, 3.05) is 6.61 Å². The molecule has 0 saturated carbocycles. The Labute approximate surface area is 106 Å². The Bertz CT molecular complexity index is 429. The first-order chi connectivity index (χ1) is 8.49. The molecule has 5 nitrogen and oxygen atoms in total. The molecule has 1 rings (SSSR count). The predicted molar refractivity (Wildman–Crippen MR) is 66.4 cm³/mol. The minimum atomic E-state index is -0.987. The summed E-state index contributed by atoms with van der Waals surface area (Å²) in [6.07, 6.45) is -0.496. The van der Waals surface area contributed by atoms with Crippen molar-refractivity contribution in [2.45, 2.75) is 20.4 Å². The number of amides is 1. The summed E-state index contributed by atoms with van der Waals surface area (Å²) >= 11 is 0. The summed E-state index contributed by atoms with van der Waals surface area (Å²) in [7, 11) is 0. The van der Waals surface area contributed by atoms with Gasteiger partial charge in [-0.15, -0.1) is 0 Å². The van der Waals surface area contributed by atoms with E-state index < -0.39 is 12.1 Å². The van der Waals surface area contributed by atoms with E-state index in [4.69, 9.17) is 9.84 Å². The van der Waals surface area contributed by atoms with Crippen LogP contribution in [0.15, 0.2) is 24.3 Å². The van der Waals surface area contributed by atoms with Crippen LogP contribution in [-0.4, -0.2) is 23.8 Å². The van der Waals surface area contributed by atoms with E-state index in [-0.39, 0.29) is 18.0 Å². The normalized spacial score (nSPS) is 10.2. The topological polar surface area (TPSA) is 75.6 Å². The number of rotatable bonds is 5. The van der Waals surface area contributed by atoms with Crippen molar-refractivity contribution in [1.82, 2.24) is 5.32 Å². The number of benzene rings is 1. The minimum Gasteiger partial charge on any atom is -0.478 e. The van der Waals surface area contributed by atoms with E-state index in [2.05, 4.69) is 5.32 Å². The lowest BCUT2D eigenvalue weighted by Gasteiger charge is -2.09. The van der Waals surface area contributed by atoms with Crippen LogP contribution in [0.1, 0.15) is 29.8 Å². The molecule has 0 saturated heterocycles. The largest absolute Gasteiger partial charge is 0.478 e. The lowest BCUT2D eigenvalue weighted by Crippen LogP contribution is -2.25. The molecule has 2 N–H and O–H groups in total. The van der Waals surface area contributed by atoms with Gasteiger partial charge >= 0.3 is 12.1 Å². The molecule has 0 aromatic heterocycles. The van der Waals surface area contributed by atoms with Gasteiger partial charge in [0.2, 0.25) is 0 Å². The highest BCUT2D eigenvalue weighted by molar-refractivity contribution is 5.87. The molecule has 0 spiro atoms. The fourth-order valence-electron chi connectivity index (χ4n) is 1.28. The molecule has 0 heterocycles. The van der Waals surface area contributed by atoms with E-state index in [1.165, 1.54) is 12.1 Å². The third-order valence-corrected chi connectivity index (χ3v) is 2.16. The van der Waals surface area contributed by atoms with Crippen LogP contribution in [-0.2, 0) is 11.3 Å². The molecule has 0 aliphatic rings. The smallest absolute Gasteiger partial charge is 0.407 e. The lowest BCUT2D eigenvalue weighted by molar-refractivity contribution is 0.0696. The second kappa shape index (κ2) is 6.64. The maximum absolute atomic E-state index is 11.3. The first-order valence-corrected chi connectivity index (χ1v) is 5.72. The summed E-state index contributed by atoms with van der Waals surface area (Å²) < 4.78 is 4.94. The van der Waals surface area contributed by atoms with Crippen LogP contribution in [0.3, 0.4) is 0 Å². The number of nitrogens with one attached hydrogen (secondary N) is 1. The highest BCUT2D eigenvalue weighted by Crippen LogP contribution is 2.05. The fourth-order valence-corrected chi connectivity index (χ4v) is 1.28. The molecule has 0 unspecified atom stereocenters. The molecule has 5 heteroatoms. The van der Waals surface area contributed by atoms with Gasteiger partial charge in [0.15, 0.2) is 0 Å². The molecular formula is C13H17NO4. The summed E-state index contributed by atoms with van der Waals surface area (Å²) in [6.45, 7) is 4.51. The van der Waals surface area contributed by atoms with Crippen molar-refractivity contribution in [2.24, 2.45) is 5.92 Å². The van der Waals surface area contributed by atoms with E-state index in [1.807, 2.05) is 13.8 Å². The van der Waals surface area contributed by atoms with Crippen molar-refractivity contribution < 1.29 is 19.4 Å². The molecule has 0 bridgehead atoms. The van der Waals surface area contributed by atoms with Gasteiger partial charge in [-0.3, -0.25) is 0 Å². The van der Waals surface area contributed by atoms with Gasteiger partial charge in [0.25, 0.3) is 0 Å². The molecule has 98 valence electrons. The summed E-state index contributed by atoms with van der Waals surface area (Å²) in [6, 6.07) is 6.41. The maximum Gasteiger partial charge on any atom is 0.407 e. The highest BCUT2D eigenvalue weighted by atomic mass is 16.5. The molecule has 0 aliphatic heterocycles. The van der Waals surface area contributed by atoms with Gasteiger partial charge in [0.05, 0.1) is 12.2 Å². The van der Waals surface area contributed by atoms with Crippen LogP contribution < -0.4 is 5.32 Å². The Balaban J connectivity index is 2.46. The SMILES string of the molecule is CC(C)COC(=O)NCc1cccc(C(=O)O)c1. The van der Waals surface area contributed by atoms with Crippen molar-refractivity contribution in [3.05, 3.63) is 35.4 Å². The number of hydrogen-bond acceptors (Lipinski definition) is 3. The number of carboxylic acids is 1. The first-order valence-electron chi connectivity index (χ1n) is 5.72. The van der Waals surface area contributed by atoms with Gasteiger partial charge in [-0.1, -0.05) is 26.0 Å². The molecule has 0 atom stereocenters. The fraction of sp³-hybridized carbons (Fsp3) is 0.385. The standard InChI is InChI=1S/C13H17NO4/c1-9(2)8-18-13(17)14-7-10-4-3-5-11(6-10)12(15)16/h3-6,9H,7-8H2,1-2H3,(H,14,17)(H,15,16). The van der Waals surface area contributed by atoms with E-state index in [1.54, 1.807) is 12.1 Å². The number of aromatic carboxylic acids is 1. The second-order valence-electron chi connectivity index (χ2n) is 4.35. The van der Waals surface area contributed by atoms with Gasteiger partial charge in [-0.2, -0.15) is 0 Å². The van der Waals surface area contributed by atoms with Crippen LogP contribution in [0.5, 0.6) is 0 Å². The summed E-state index contributed by atoms with van der Waals surface area (Å²) in [5.74, 6) is -0.703. The first kappa shape index (κ1) is 14.0. The Morgan fingerprint density at radius 2 is 2.11 bits per heavy atom. The average molecular weight is 251 g/mol. The zero-order chi connectivity index (χ0) is 13.5. The molecule has 0 fully saturated rings. The average Bonchev–Trinajstić information content (AvgIpc) is 2.34. The number of carbonyl (C=O) groups is 2. The van der Waals surface area contributed by atoms with Crippen LogP contribution in [0.2, 0.25) is 0 Å². The Hall–Kier alpha value is -2.04. The van der Waals surface area contributed by atoms with Crippen molar-refractivity contribution in [3.8, 4) is 0 Å². The molecule has 1 aromatic carbocycles. The zero-order valence-electron chi connectivity index (χ0n) is 10.5. The molecule has 1 aromatic rings. The number of ether oxygens (including phenoxy) is 1. The van der Waals surface area contributed by atoms with E-state index in [9.17, 15) is 9.59 Å². The maximum atomic E-state index is 11.3. The Kier molecular flexibility index (Phi) is 5.17. The van der Waals surface area contributed by atoms with Gasteiger partial charge in [0.1, 0.15) is 0 Å². The molecule has 18 heavy (non-hydrogen) atoms. The molecular weight excluding hydrogens is 234 g/mol. The zero-order valence-corrected chi connectivity index (χ0v) is 10.5. The van der Waals surface area contributed by atoms with Crippen molar-refractivity contribution in [3.63, 3.8) is 0 Å². The van der Waals surface area contributed by atoms with Gasteiger partial charge in [-0.05, 0) is 23.6 Å². The molecule has 1 amide bonds. The summed E-state index contributed by atoms with van der Waals surface area (Å²) in [4.78, 5) is 22.0. The second-order valence-corrected chi connectivity index (χ2v) is 4.35. The number of alkyl carbamates (subject to hydrolysis) is 1. The quantitative estimate of drug-likeness (QED) is 0.841. The van der Waals surface area contributed by atoms with Gasteiger partial charge in [-0.25, -0.2) is 9.59 Å². The lowest BCUT2D eigenvalue weighted by atomic mass is 10.1. The van der Waals surface area contributed by atoms with Crippen molar-refractivity contribution in [1.29, 1.82) is 0 Å². The van der Waals surface area contributed by atoms with Crippen LogP contribution in [0, 0.1) is 5.92 Å². The third kappa shape index (κ3) is 4.86. The molecule has 0 radical (unpaired) electrons. The number of carboxylic acid groups (broad SMARTS) is 1. The summed E-state index contributed by atoms with van der Waals surface area (Å²) in [5.41, 5.74) is 0.918. The van der Waals surface area contributed by atoms with Crippen LogP contribution in [0.25, 0.3) is 0 Å². The van der Waals surface area contributed by atoms with Gasteiger partial charge in [0, 0.05) is 6.54 Å². The monoisotopic (exact) mass is 251 g/mol. The molecule has 0 aliphatic carbocycles. The third-order valence-electron chi connectivity index (χ3n) is 2.16. The van der Waals surface area contributed by atoms with E-state index in [0.717, 1.165) is 5.56 Å². The predicted octanol–water partition coefficient (Wildman–Crippen LogP) is 2.27. The van der Waals surface area contributed by atoms with Crippen LogP contribution >= 0.6 is 0 Å². The minimum absolute atomic E-state index is 0.199. The van der Waals surface area contributed by atoms with Gasteiger partial charge < -0.3 is 15.2 Å². The Morgan fingerprint density at radius 1 is 1.39 bits per heavy atom. The van der Waals surface area contributed by atoms with Crippen LogP contribution in [0.4, 0.5) is 4.79 Å². The van der Waals surface area contributed by atoms with Crippen molar-refractivity contribution >= 4 is 12.1 Å².